The first kappa shape index (κ1) is 66.4. The van der Waals surface area contributed by atoms with Crippen LogP contribution < -0.4 is 24.8 Å². The summed E-state index contributed by atoms with van der Waals surface area (Å²) in [5.41, 5.74) is -0.909. The Morgan fingerprint density at radius 2 is 1.52 bits per heavy atom. The van der Waals surface area contributed by atoms with Crippen LogP contribution in [-0.2, 0) is 68.5 Å². The summed E-state index contributed by atoms with van der Waals surface area (Å²) in [7, 11) is 8.85. The van der Waals surface area contributed by atoms with E-state index >= 15 is 0 Å². The molecule has 2 aliphatic rings. The number of piperidine rings is 1. The minimum Gasteiger partial charge on any atom is -0.493 e. The van der Waals surface area contributed by atoms with Crippen LogP contribution in [-0.4, -0.2) is 191 Å². The van der Waals surface area contributed by atoms with Crippen molar-refractivity contribution in [3.63, 3.8) is 0 Å². The fraction of sp³-hybridized carbons (Fsp3) is 0.610. The number of aryl methyl sites for hydroxylation is 1. The summed E-state index contributed by atoms with van der Waals surface area (Å²) in [5, 5.41) is 5.56. The van der Waals surface area contributed by atoms with E-state index in [4.69, 9.17) is 33.2 Å². The van der Waals surface area contributed by atoms with Crippen LogP contribution in [0.5, 0.6) is 17.2 Å². The summed E-state index contributed by atoms with van der Waals surface area (Å²) < 4.78 is 40.0. The molecular formula is C59H86N6O16. The number of esters is 2. The molecule has 2 heterocycles. The van der Waals surface area contributed by atoms with Crippen LogP contribution in [0.1, 0.15) is 111 Å². The molecule has 22 nitrogen and oxygen atoms in total. The molecule has 81 heavy (non-hydrogen) atoms. The molecule has 0 saturated carbocycles. The van der Waals surface area contributed by atoms with Gasteiger partial charge in [-0.1, -0.05) is 38.1 Å². The first-order valence-electron chi connectivity index (χ1n) is 27.5. The lowest BCUT2D eigenvalue weighted by Crippen LogP contribution is -2.59. The number of methoxy groups -OCH3 is 3. The molecule has 0 unspecified atom stereocenters. The number of likely N-dealkylation sites (N-methyl/N-ethyl adjacent to an activating group) is 3. The molecule has 2 aliphatic heterocycles. The topological polar surface area (TPSA) is 255 Å². The van der Waals surface area contributed by atoms with Crippen LogP contribution in [0.15, 0.2) is 54.6 Å². The molecule has 2 aromatic carbocycles. The summed E-state index contributed by atoms with van der Waals surface area (Å²) in [6.45, 7) is 10.6. The lowest BCUT2D eigenvalue weighted by molar-refractivity contribution is -0.165. The highest BCUT2D eigenvalue weighted by Gasteiger charge is 2.43. The maximum atomic E-state index is 14.4. The molecule has 1 saturated heterocycles. The summed E-state index contributed by atoms with van der Waals surface area (Å²) >= 11 is 0. The van der Waals surface area contributed by atoms with E-state index in [9.17, 15) is 43.2 Å². The zero-order valence-electron chi connectivity index (χ0n) is 49.6. The van der Waals surface area contributed by atoms with Gasteiger partial charge in [-0.05, 0) is 127 Å². The van der Waals surface area contributed by atoms with Gasteiger partial charge in [0.15, 0.2) is 18.1 Å². The minimum atomic E-state index is -1.50. The van der Waals surface area contributed by atoms with Crippen LogP contribution in [0.2, 0.25) is 0 Å². The van der Waals surface area contributed by atoms with Gasteiger partial charge in [0.25, 0.3) is 11.8 Å². The van der Waals surface area contributed by atoms with E-state index in [0.717, 1.165) is 16.5 Å². The molecule has 2 N–H and O–H groups in total. The summed E-state index contributed by atoms with van der Waals surface area (Å²) in [6, 6.07) is 7.43. The van der Waals surface area contributed by atoms with Gasteiger partial charge in [-0.15, -0.1) is 0 Å². The first-order chi connectivity index (χ1) is 38.2. The highest BCUT2D eigenvalue weighted by atomic mass is 16.5. The lowest BCUT2D eigenvalue weighted by atomic mass is 9.87. The third-order valence-corrected chi connectivity index (χ3v) is 13.8. The van der Waals surface area contributed by atoms with Crippen molar-refractivity contribution in [2.45, 2.75) is 136 Å². The van der Waals surface area contributed by atoms with Gasteiger partial charge in [-0.25, -0.2) is 9.59 Å². The number of carbonyl (C=O) groups excluding carboxylic acids is 9. The number of ketones is 1. The Morgan fingerprint density at radius 3 is 2.19 bits per heavy atom. The summed E-state index contributed by atoms with van der Waals surface area (Å²) in [4.78, 5) is 130. The Kier molecular flexibility index (Phi) is 25.6. The van der Waals surface area contributed by atoms with Crippen LogP contribution in [0.3, 0.4) is 0 Å². The number of amides is 6. The van der Waals surface area contributed by atoms with E-state index in [1.54, 1.807) is 51.1 Å². The van der Waals surface area contributed by atoms with E-state index in [1.807, 2.05) is 26.0 Å². The number of hydrogen-bond donors (Lipinski definition) is 2. The number of rotatable bonds is 12. The number of benzene rings is 2. The largest absolute Gasteiger partial charge is 0.493 e. The molecule has 6 amide bonds. The fourth-order valence-corrected chi connectivity index (χ4v) is 9.02. The minimum absolute atomic E-state index is 0.0659. The molecule has 1 fully saturated rings. The number of cyclic esters (lactones) is 2. The van der Waals surface area contributed by atoms with Crippen molar-refractivity contribution in [2.24, 2.45) is 11.3 Å². The second-order valence-electron chi connectivity index (χ2n) is 22.5. The molecule has 448 valence electrons. The van der Waals surface area contributed by atoms with E-state index in [0.29, 0.717) is 36.3 Å². The van der Waals surface area contributed by atoms with Crippen LogP contribution in [0, 0.1) is 11.3 Å². The molecule has 0 aliphatic carbocycles. The fourth-order valence-electron chi connectivity index (χ4n) is 9.02. The van der Waals surface area contributed by atoms with Crippen molar-refractivity contribution in [2.75, 3.05) is 88.5 Å². The molecule has 2 aromatic rings. The molecule has 4 rings (SSSR count). The Bertz CT molecular complexity index is 2540. The van der Waals surface area contributed by atoms with E-state index in [-0.39, 0.29) is 70.1 Å². The van der Waals surface area contributed by atoms with Crippen LogP contribution >= 0.6 is 0 Å². The monoisotopic (exact) mass is 1130 g/mol. The van der Waals surface area contributed by atoms with Crippen molar-refractivity contribution >= 4 is 53.2 Å². The number of ether oxygens (including phenoxy) is 7. The van der Waals surface area contributed by atoms with Gasteiger partial charge in [-0.3, -0.25) is 33.6 Å². The number of nitrogens with zero attached hydrogens (tertiary/aromatic N) is 4. The molecule has 0 spiro atoms. The maximum Gasteiger partial charge on any atom is 0.330 e. The molecular weight excluding hydrogens is 1050 g/mol. The number of hydrogen-bond acceptors (Lipinski definition) is 16. The second kappa shape index (κ2) is 31.2. The first-order valence-corrected chi connectivity index (χ1v) is 27.5. The highest BCUT2D eigenvalue weighted by molar-refractivity contribution is 6.38. The van der Waals surface area contributed by atoms with Crippen LogP contribution in [0.25, 0.3) is 0 Å². The normalized spacial score (nSPS) is 22.9. The highest BCUT2D eigenvalue weighted by Crippen LogP contribution is 2.33. The number of Topliss-reactive ketones (excluding diaryl/α,β-unsaturated/α-hetero) is 1. The van der Waals surface area contributed by atoms with Crippen molar-refractivity contribution in [3.05, 3.63) is 65.7 Å². The SMILES string of the molecule is COCC[C@@H]1NC(=O)[C@H](COC(C)(C)C)N(C)C(=O)[C@@H](CC(C)C)NC(=O)CN(C)C(=O)COc2cccc(c2)[C@@H](CCc2ccc(OC)c(OC)c2)OC(=O)[C@@H]2CCCCN2C(=O)C(=O)C(C)(C)COC(=O)/C=C\CCN(C)C1=O. The number of fused-ring (bicyclic) bond motifs is 3. The predicted molar refractivity (Wildman–Crippen MR) is 299 cm³/mol. The zero-order chi connectivity index (χ0) is 60.2. The number of carbonyl (C=O) groups is 9. The van der Waals surface area contributed by atoms with Crippen molar-refractivity contribution in [1.29, 1.82) is 0 Å². The van der Waals surface area contributed by atoms with E-state index in [1.165, 1.54) is 77.1 Å². The quantitative estimate of drug-likeness (QED) is 0.221. The Labute approximate surface area is 476 Å². The smallest absolute Gasteiger partial charge is 0.330 e. The Balaban J connectivity index is 1.71. The van der Waals surface area contributed by atoms with E-state index < -0.39 is 114 Å². The molecule has 5 atom stereocenters. The predicted octanol–water partition coefficient (Wildman–Crippen LogP) is 4.39. The standard InChI is InChI=1S/C59H86N6O16/c1-38(2)31-43-55(72)64(10)45(35-80-58(3,4)5)53(70)61-42(27-30-75-11)54(71)62(8)28-16-15-22-51(68)79-37-59(6,7)52(69)56(73)65-29-17-14-21-44(65)57(74)81-46(25-23-39-24-26-47(76-12)48(32-39)77-13)40-19-18-20-41(33-40)78-36-50(67)63(9)34-49(66)60-43/h15,18-20,22,24,26,32-33,38,42-46H,14,16-17,21,23,25,27-31,34-37H2,1-13H3,(H,60,66)(H,61,70)/b22-15-/t42-,43+,44-,45-,46+/m0/s1. The lowest BCUT2D eigenvalue weighted by Gasteiger charge is -2.36. The Hall–Kier alpha value is -7.07. The number of nitrogens with one attached hydrogen (secondary N) is 2. The van der Waals surface area contributed by atoms with Crippen molar-refractivity contribution in [3.8, 4) is 17.2 Å². The van der Waals surface area contributed by atoms with Crippen LogP contribution in [0.4, 0.5) is 0 Å². The summed E-state index contributed by atoms with van der Waals surface area (Å²) in [6.07, 6.45) is 4.08. The van der Waals surface area contributed by atoms with Gasteiger partial charge in [0.2, 0.25) is 29.4 Å². The average molecular weight is 1140 g/mol. The van der Waals surface area contributed by atoms with Crippen molar-refractivity contribution < 1.29 is 76.3 Å². The zero-order valence-corrected chi connectivity index (χ0v) is 49.6. The van der Waals surface area contributed by atoms with Gasteiger partial charge in [0, 0.05) is 54.0 Å². The molecule has 0 radical (unpaired) electrons. The maximum absolute atomic E-state index is 14.4. The van der Waals surface area contributed by atoms with Gasteiger partial charge in [-0.2, -0.15) is 0 Å². The van der Waals surface area contributed by atoms with E-state index in [2.05, 4.69) is 10.6 Å². The second-order valence-corrected chi connectivity index (χ2v) is 22.5. The van der Waals surface area contributed by atoms with Gasteiger partial charge < -0.3 is 63.4 Å². The summed E-state index contributed by atoms with van der Waals surface area (Å²) in [5.74, 6) is -5.21. The molecule has 0 aromatic heterocycles. The molecule has 2 bridgehead atoms. The average Bonchev–Trinajstić information content (AvgIpc) is 3.43. The van der Waals surface area contributed by atoms with Gasteiger partial charge >= 0.3 is 11.9 Å². The third-order valence-electron chi connectivity index (χ3n) is 13.8. The Morgan fingerprint density at radius 1 is 0.802 bits per heavy atom. The third kappa shape index (κ3) is 20.5. The van der Waals surface area contributed by atoms with Gasteiger partial charge in [0.05, 0.1) is 38.4 Å². The van der Waals surface area contributed by atoms with Crippen molar-refractivity contribution in [1.82, 2.24) is 30.2 Å². The van der Waals surface area contributed by atoms with Gasteiger partial charge in [0.1, 0.15) is 42.6 Å². The molecule has 22 heteroatoms.